The molecule has 1 atom stereocenters. The standard InChI is InChI=1S/C24H25FN6O2/c1-16(17-5-7-18(25)8-6-17)30-9-11-31(12-10-30)21-13-23(28-15-27-21)33-20-4-2-3-19-24(20)26-14-22(32)29-19/h2-8,13,15-16,26H,9-12,14H2,1H3,(H,29,32)/t16-/m0/s1. The highest BCUT2D eigenvalue weighted by atomic mass is 19.1. The molecular weight excluding hydrogens is 423 g/mol. The molecule has 3 aromatic rings. The van der Waals surface area contributed by atoms with E-state index in [1.54, 1.807) is 0 Å². The lowest BCUT2D eigenvalue weighted by atomic mass is 10.1. The normalized spacial score (nSPS) is 17.0. The van der Waals surface area contributed by atoms with Crippen molar-refractivity contribution in [3.05, 3.63) is 66.2 Å². The second-order valence-electron chi connectivity index (χ2n) is 8.15. The van der Waals surface area contributed by atoms with E-state index in [1.807, 2.05) is 36.4 Å². The second-order valence-corrected chi connectivity index (χ2v) is 8.15. The van der Waals surface area contributed by atoms with Crippen LogP contribution >= 0.6 is 0 Å². The fraction of sp³-hybridized carbons (Fsp3) is 0.292. The summed E-state index contributed by atoms with van der Waals surface area (Å²) in [4.78, 5) is 24.9. The summed E-state index contributed by atoms with van der Waals surface area (Å²) in [7, 11) is 0. The van der Waals surface area contributed by atoms with Crippen molar-refractivity contribution >= 4 is 23.1 Å². The van der Waals surface area contributed by atoms with Gasteiger partial charge in [0.2, 0.25) is 11.8 Å². The first-order valence-electron chi connectivity index (χ1n) is 11.0. The first-order chi connectivity index (χ1) is 16.1. The number of aromatic nitrogens is 2. The molecule has 5 rings (SSSR count). The van der Waals surface area contributed by atoms with E-state index in [2.05, 4.69) is 37.3 Å². The number of fused-ring (bicyclic) bond motifs is 1. The number of hydrogen-bond acceptors (Lipinski definition) is 7. The lowest BCUT2D eigenvalue weighted by Gasteiger charge is -2.38. The minimum absolute atomic E-state index is 0.0862. The van der Waals surface area contributed by atoms with Gasteiger partial charge in [0, 0.05) is 38.3 Å². The predicted molar refractivity (Wildman–Crippen MR) is 124 cm³/mol. The molecule has 0 spiro atoms. The van der Waals surface area contributed by atoms with Crippen molar-refractivity contribution in [2.45, 2.75) is 13.0 Å². The van der Waals surface area contributed by atoms with Crippen LogP contribution in [0.3, 0.4) is 0 Å². The average molecular weight is 449 g/mol. The van der Waals surface area contributed by atoms with E-state index in [-0.39, 0.29) is 24.3 Å². The molecule has 1 amide bonds. The summed E-state index contributed by atoms with van der Waals surface area (Å²) in [5, 5.41) is 5.93. The minimum atomic E-state index is -0.214. The van der Waals surface area contributed by atoms with Crippen LogP contribution in [0.5, 0.6) is 11.6 Å². The third kappa shape index (κ3) is 4.58. The zero-order valence-electron chi connectivity index (χ0n) is 18.3. The van der Waals surface area contributed by atoms with Crippen molar-refractivity contribution in [2.75, 3.05) is 48.3 Å². The largest absolute Gasteiger partial charge is 0.437 e. The molecule has 2 N–H and O–H groups in total. The van der Waals surface area contributed by atoms with Crippen LogP contribution in [0.25, 0.3) is 0 Å². The van der Waals surface area contributed by atoms with Gasteiger partial charge in [-0.3, -0.25) is 9.69 Å². The molecule has 0 saturated carbocycles. The highest BCUT2D eigenvalue weighted by Crippen LogP contribution is 2.37. The quantitative estimate of drug-likeness (QED) is 0.616. The van der Waals surface area contributed by atoms with E-state index in [1.165, 1.54) is 18.5 Å². The zero-order valence-corrected chi connectivity index (χ0v) is 18.3. The Morgan fingerprint density at radius 1 is 1.06 bits per heavy atom. The molecular formula is C24H25FN6O2. The van der Waals surface area contributed by atoms with Gasteiger partial charge in [-0.25, -0.2) is 14.4 Å². The number of benzene rings is 2. The molecule has 0 unspecified atom stereocenters. The van der Waals surface area contributed by atoms with Gasteiger partial charge in [0.15, 0.2) is 5.75 Å². The Morgan fingerprint density at radius 3 is 2.64 bits per heavy atom. The molecule has 2 aromatic carbocycles. The number of piperazine rings is 1. The van der Waals surface area contributed by atoms with Gasteiger partial charge in [-0.2, -0.15) is 0 Å². The van der Waals surface area contributed by atoms with Gasteiger partial charge >= 0.3 is 0 Å². The molecule has 8 nitrogen and oxygen atoms in total. The first-order valence-corrected chi connectivity index (χ1v) is 11.0. The van der Waals surface area contributed by atoms with Crippen LogP contribution in [-0.4, -0.2) is 53.5 Å². The summed E-state index contributed by atoms with van der Waals surface area (Å²) in [6.45, 7) is 5.72. The van der Waals surface area contributed by atoms with Crippen LogP contribution in [0.1, 0.15) is 18.5 Å². The Labute approximate surface area is 191 Å². The summed E-state index contributed by atoms with van der Waals surface area (Å²) in [6.07, 6.45) is 1.50. The van der Waals surface area contributed by atoms with Crippen molar-refractivity contribution in [1.82, 2.24) is 14.9 Å². The van der Waals surface area contributed by atoms with Crippen LogP contribution in [0.2, 0.25) is 0 Å². The Kier molecular flexibility index (Phi) is 5.78. The Bertz CT molecular complexity index is 1150. The molecule has 2 aliphatic heterocycles. The maximum atomic E-state index is 13.2. The zero-order chi connectivity index (χ0) is 22.8. The number of nitrogens with zero attached hydrogens (tertiary/aromatic N) is 4. The number of para-hydroxylation sites is 1. The van der Waals surface area contributed by atoms with E-state index in [0.29, 0.717) is 17.3 Å². The number of nitrogens with one attached hydrogen (secondary N) is 2. The average Bonchev–Trinajstić information content (AvgIpc) is 2.84. The van der Waals surface area contributed by atoms with Gasteiger partial charge in [-0.1, -0.05) is 18.2 Å². The Balaban J connectivity index is 1.25. The number of anilines is 3. The van der Waals surface area contributed by atoms with Crippen LogP contribution in [0.4, 0.5) is 21.6 Å². The number of halogens is 1. The number of hydrogen-bond donors (Lipinski definition) is 2. The molecule has 9 heteroatoms. The van der Waals surface area contributed by atoms with Gasteiger partial charge in [-0.05, 0) is 36.8 Å². The van der Waals surface area contributed by atoms with E-state index in [9.17, 15) is 9.18 Å². The third-order valence-corrected chi connectivity index (χ3v) is 6.11. The molecule has 2 aliphatic rings. The Hall–Kier alpha value is -3.72. The van der Waals surface area contributed by atoms with Crippen molar-refractivity contribution in [2.24, 2.45) is 0 Å². The molecule has 1 aromatic heterocycles. The number of ether oxygens (including phenoxy) is 1. The molecule has 0 bridgehead atoms. The minimum Gasteiger partial charge on any atom is -0.437 e. The third-order valence-electron chi connectivity index (χ3n) is 6.11. The molecule has 3 heterocycles. The topological polar surface area (TPSA) is 82.6 Å². The van der Waals surface area contributed by atoms with E-state index >= 15 is 0 Å². The van der Waals surface area contributed by atoms with Crippen LogP contribution in [0, 0.1) is 5.82 Å². The lowest BCUT2D eigenvalue weighted by Crippen LogP contribution is -2.47. The second kappa shape index (κ2) is 9.03. The molecule has 1 saturated heterocycles. The molecule has 1 fully saturated rings. The van der Waals surface area contributed by atoms with Crippen LogP contribution in [-0.2, 0) is 4.79 Å². The molecule has 0 radical (unpaired) electrons. The van der Waals surface area contributed by atoms with Crippen LogP contribution in [0.15, 0.2) is 54.9 Å². The smallest absolute Gasteiger partial charge is 0.243 e. The summed E-state index contributed by atoms with van der Waals surface area (Å²) in [5.41, 5.74) is 2.53. The lowest BCUT2D eigenvalue weighted by molar-refractivity contribution is -0.114. The number of rotatable bonds is 5. The summed E-state index contributed by atoms with van der Waals surface area (Å²) >= 11 is 0. The Morgan fingerprint density at radius 2 is 1.85 bits per heavy atom. The van der Waals surface area contributed by atoms with Gasteiger partial charge in [0.25, 0.3) is 0 Å². The maximum absolute atomic E-state index is 13.2. The molecule has 0 aliphatic carbocycles. The first kappa shape index (κ1) is 21.1. The van der Waals surface area contributed by atoms with Gasteiger partial charge < -0.3 is 20.3 Å². The van der Waals surface area contributed by atoms with E-state index < -0.39 is 0 Å². The monoisotopic (exact) mass is 448 g/mol. The number of carbonyl (C=O) groups is 1. The van der Waals surface area contributed by atoms with Crippen LogP contribution < -0.4 is 20.3 Å². The molecule has 33 heavy (non-hydrogen) atoms. The van der Waals surface area contributed by atoms with Gasteiger partial charge in [-0.15, -0.1) is 0 Å². The maximum Gasteiger partial charge on any atom is 0.243 e. The fourth-order valence-corrected chi connectivity index (χ4v) is 4.23. The van der Waals surface area contributed by atoms with E-state index in [4.69, 9.17) is 4.74 Å². The summed E-state index contributed by atoms with van der Waals surface area (Å²) in [5.74, 6) is 1.54. The van der Waals surface area contributed by atoms with Crippen molar-refractivity contribution < 1.29 is 13.9 Å². The summed E-state index contributed by atoms with van der Waals surface area (Å²) < 4.78 is 19.3. The highest BCUT2D eigenvalue weighted by Gasteiger charge is 2.24. The highest BCUT2D eigenvalue weighted by molar-refractivity contribution is 6.01. The summed E-state index contributed by atoms with van der Waals surface area (Å²) in [6, 6.07) is 14.3. The van der Waals surface area contributed by atoms with E-state index in [0.717, 1.165) is 43.2 Å². The van der Waals surface area contributed by atoms with Crippen molar-refractivity contribution in [1.29, 1.82) is 0 Å². The SMILES string of the molecule is C[C@@H](c1ccc(F)cc1)N1CCN(c2cc(Oc3cccc4c3NCC(=O)N4)ncn2)CC1. The number of carbonyl (C=O) groups excluding carboxylic acids is 1. The fourth-order valence-electron chi connectivity index (χ4n) is 4.23. The predicted octanol–water partition coefficient (Wildman–Crippen LogP) is 3.66. The van der Waals surface area contributed by atoms with Crippen molar-refractivity contribution in [3.8, 4) is 11.6 Å². The molecule has 170 valence electrons. The number of amides is 1. The van der Waals surface area contributed by atoms with Gasteiger partial charge in [0.1, 0.15) is 23.6 Å². The van der Waals surface area contributed by atoms with Gasteiger partial charge in [0.05, 0.1) is 12.2 Å². The van der Waals surface area contributed by atoms with Crippen molar-refractivity contribution in [3.63, 3.8) is 0 Å².